The highest BCUT2D eigenvalue weighted by atomic mass is 19.2. The second kappa shape index (κ2) is 7.26. The van der Waals surface area contributed by atoms with Crippen LogP contribution in [-0.4, -0.2) is 19.3 Å². The Morgan fingerprint density at radius 2 is 1.92 bits per heavy atom. The molecule has 1 aliphatic rings. The molecule has 0 radical (unpaired) electrons. The molecule has 0 N–H and O–H groups in total. The molecule has 3 rings (SSSR count). The summed E-state index contributed by atoms with van der Waals surface area (Å²) in [4.78, 5) is 0. The summed E-state index contributed by atoms with van der Waals surface area (Å²) in [5, 5.41) is 0. The first-order valence-electron chi connectivity index (χ1n) is 7.99. The minimum atomic E-state index is -0.985. The molecule has 128 valence electrons. The highest BCUT2D eigenvalue weighted by Gasteiger charge is 2.24. The number of aryl methyl sites for hydroxylation is 1. The monoisotopic (exact) mass is 336 g/mol. The fourth-order valence-electron chi connectivity index (χ4n) is 2.84. The highest BCUT2D eigenvalue weighted by Crippen LogP contribution is 2.30. The molecule has 0 saturated carbocycles. The van der Waals surface area contributed by atoms with Crippen LogP contribution in [0.5, 0.6) is 5.75 Å². The van der Waals surface area contributed by atoms with Crippen LogP contribution < -0.4 is 4.74 Å². The summed E-state index contributed by atoms with van der Waals surface area (Å²) in [5.74, 6) is -2.09. The number of ether oxygens (including phenoxy) is 2. The summed E-state index contributed by atoms with van der Waals surface area (Å²) in [5.41, 5.74) is 1.55. The number of rotatable bonds is 4. The molecule has 0 bridgehead atoms. The van der Waals surface area contributed by atoms with Crippen molar-refractivity contribution in [3.8, 4) is 5.75 Å². The van der Waals surface area contributed by atoms with E-state index in [-0.39, 0.29) is 30.2 Å². The zero-order valence-electron chi connectivity index (χ0n) is 13.4. The van der Waals surface area contributed by atoms with Crippen LogP contribution >= 0.6 is 0 Å². The van der Waals surface area contributed by atoms with E-state index in [1.54, 1.807) is 19.1 Å². The van der Waals surface area contributed by atoms with Crippen LogP contribution in [0.15, 0.2) is 36.4 Å². The maximum Gasteiger partial charge on any atom is 0.200 e. The minimum absolute atomic E-state index is 0.110. The van der Waals surface area contributed by atoms with Crippen molar-refractivity contribution in [2.45, 2.75) is 31.8 Å². The zero-order chi connectivity index (χ0) is 17.1. The van der Waals surface area contributed by atoms with E-state index in [2.05, 4.69) is 0 Å². The van der Waals surface area contributed by atoms with Gasteiger partial charge in [-0.1, -0.05) is 18.2 Å². The molecule has 2 atom stereocenters. The Bertz CT molecular complexity index is 710. The van der Waals surface area contributed by atoms with Gasteiger partial charge in [-0.2, -0.15) is 4.39 Å². The molecule has 0 spiro atoms. The van der Waals surface area contributed by atoms with E-state index in [0.29, 0.717) is 12.2 Å². The molecular weight excluding hydrogens is 317 g/mol. The van der Waals surface area contributed by atoms with Crippen LogP contribution in [0.2, 0.25) is 0 Å². The van der Waals surface area contributed by atoms with Gasteiger partial charge < -0.3 is 9.47 Å². The second-order valence-electron chi connectivity index (χ2n) is 6.10. The molecule has 0 amide bonds. The van der Waals surface area contributed by atoms with Crippen molar-refractivity contribution < 1.29 is 22.6 Å². The number of halogens is 3. The van der Waals surface area contributed by atoms with E-state index in [1.165, 1.54) is 12.1 Å². The van der Waals surface area contributed by atoms with Crippen LogP contribution in [0, 0.1) is 24.4 Å². The van der Waals surface area contributed by atoms with Gasteiger partial charge in [0, 0.05) is 5.92 Å². The first kappa shape index (κ1) is 16.8. The Morgan fingerprint density at radius 3 is 2.62 bits per heavy atom. The van der Waals surface area contributed by atoms with Crippen LogP contribution in [-0.2, 0) is 4.74 Å². The third-order valence-corrected chi connectivity index (χ3v) is 4.38. The molecule has 1 aliphatic heterocycles. The fraction of sp³-hybridized carbons (Fsp3) is 0.368. The van der Waals surface area contributed by atoms with Crippen molar-refractivity contribution in [2.24, 2.45) is 0 Å². The predicted molar refractivity (Wildman–Crippen MR) is 84.7 cm³/mol. The van der Waals surface area contributed by atoms with Crippen LogP contribution in [0.25, 0.3) is 0 Å². The third kappa shape index (κ3) is 3.73. The lowest BCUT2D eigenvalue weighted by molar-refractivity contribution is -0.0219. The van der Waals surface area contributed by atoms with E-state index < -0.39 is 11.6 Å². The first-order valence-corrected chi connectivity index (χ1v) is 7.99. The van der Waals surface area contributed by atoms with E-state index >= 15 is 0 Å². The number of hydrogen-bond donors (Lipinski definition) is 0. The fourth-order valence-corrected chi connectivity index (χ4v) is 2.84. The quantitative estimate of drug-likeness (QED) is 0.802. The SMILES string of the molecule is Cc1ccc(C2CCC(COc3cccc(F)c3F)OC2)cc1F. The van der Waals surface area contributed by atoms with Crippen LogP contribution in [0.4, 0.5) is 13.2 Å². The molecule has 0 aliphatic carbocycles. The van der Waals surface area contributed by atoms with E-state index in [4.69, 9.17) is 9.47 Å². The number of benzene rings is 2. The van der Waals surface area contributed by atoms with Gasteiger partial charge in [0.1, 0.15) is 12.4 Å². The van der Waals surface area contributed by atoms with E-state index in [1.807, 2.05) is 6.07 Å². The maximum atomic E-state index is 13.7. The topological polar surface area (TPSA) is 18.5 Å². The average Bonchev–Trinajstić information content (AvgIpc) is 2.59. The molecule has 24 heavy (non-hydrogen) atoms. The van der Waals surface area contributed by atoms with Gasteiger partial charge in [0.25, 0.3) is 0 Å². The average molecular weight is 336 g/mol. The molecule has 5 heteroatoms. The molecule has 2 aromatic rings. The summed E-state index contributed by atoms with van der Waals surface area (Å²) >= 11 is 0. The smallest absolute Gasteiger partial charge is 0.200 e. The Balaban J connectivity index is 1.53. The molecule has 1 saturated heterocycles. The second-order valence-corrected chi connectivity index (χ2v) is 6.10. The first-order chi connectivity index (χ1) is 11.5. The van der Waals surface area contributed by atoms with E-state index in [0.717, 1.165) is 24.5 Å². The van der Waals surface area contributed by atoms with Gasteiger partial charge >= 0.3 is 0 Å². The van der Waals surface area contributed by atoms with Gasteiger partial charge in [-0.3, -0.25) is 0 Å². The van der Waals surface area contributed by atoms with Gasteiger partial charge in [-0.15, -0.1) is 0 Å². The molecular formula is C19H19F3O2. The van der Waals surface area contributed by atoms with Crippen LogP contribution in [0.1, 0.15) is 29.9 Å². The molecule has 2 aromatic carbocycles. The van der Waals surface area contributed by atoms with Crippen molar-refractivity contribution in [1.82, 2.24) is 0 Å². The maximum absolute atomic E-state index is 13.7. The Hall–Kier alpha value is -2.01. The predicted octanol–water partition coefficient (Wildman–Crippen LogP) is 4.75. The summed E-state index contributed by atoms with van der Waals surface area (Å²) in [7, 11) is 0. The Labute approximate surface area is 139 Å². The summed E-state index contributed by atoms with van der Waals surface area (Å²) in [6, 6.07) is 9.08. The molecule has 2 unspecified atom stereocenters. The standard InChI is InChI=1S/C19H19F3O2/c1-12-5-6-13(9-17(12)21)14-7-8-15(23-10-14)11-24-18-4-2-3-16(20)19(18)22/h2-6,9,14-15H,7-8,10-11H2,1H3. The van der Waals surface area contributed by atoms with Gasteiger partial charge in [0.15, 0.2) is 11.6 Å². The molecule has 0 aromatic heterocycles. The van der Waals surface area contributed by atoms with Crippen molar-refractivity contribution in [3.05, 3.63) is 65.0 Å². The van der Waals surface area contributed by atoms with Crippen LogP contribution in [0.3, 0.4) is 0 Å². The van der Waals surface area contributed by atoms with Gasteiger partial charge in [-0.25, -0.2) is 8.78 Å². The lowest BCUT2D eigenvalue weighted by Gasteiger charge is -2.29. The van der Waals surface area contributed by atoms with Gasteiger partial charge in [0.05, 0.1) is 12.7 Å². The zero-order valence-corrected chi connectivity index (χ0v) is 13.4. The van der Waals surface area contributed by atoms with Crippen molar-refractivity contribution in [2.75, 3.05) is 13.2 Å². The molecule has 1 heterocycles. The highest BCUT2D eigenvalue weighted by molar-refractivity contribution is 5.27. The largest absolute Gasteiger partial charge is 0.488 e. The van der Waals surface area contributed by atoms with Crippen molar-refractivity contribution in [1.29, 1.82) is 0 Å². The summed E-state index contributed by atoms with van der Waals surface area (Å²) in [6.07, 6.45) is 1.37. The third-order valence-electron chi connectivity index (χ3n) is 4.38. The lowest BCUT2D eigenvalue weighted by atomic mass is 9.91. The Kier molecular flexibility index (Phi) is 5.09. The van der Waals surface area contributed by atoms with Gasteiger partial charge in [0.2, 0.25) is 5.82 Å². The Morgan fingerprint density at radius 1 is 1.08 bits per heavy atom. The number of hydrogen-bond acceptors (Lipinski definition) is 2. The summed E-state index contributed by atoms with van der Waals surface area (Å²) < 4.78 is 51.4. The van der Waals surface area contributed by atoms with Crippen molar-refractivity contribution >= 4 is 0 Å². The molecule has 2 nitrogen and oxygen atoms in total. The normalized spacial score (nSPS) is 20.8. The van der Waals surface area contributed by atoms with Gasteiger partial charge in [-0.05, 0) is 49.1 Å². The summed E-state index contributed by atoms with van der Waals surface area (Å²) in [6.45, 7) is 2.35. The van der Waals surface area contributed by atoms with Crippen molar-refractivity contribution in [3.63, 3.8) is 0 Å². The molecule has 1 fully saturated rings. The van der Waals surface area contributed by atoms with E-state index in [9.17, 15) is 13.2 Å². The lowest BCUT2D eigenvalue weighted by Crippen LogP contribution is -2.30. The minimum Gasteiger partial charge on any atom is -0.488 e.